The highest BCUT2D eigenvalue weighted by Gasteiger charge is 2.13. The molecule has 0 saturated carbocycles. The van der Waals surface area contributed by atoms with E-state index in [0.29, 0.717) is 24.5 Å². The summed E-state index contributed by atoms with van der Waals surface area (Å²) in [6.07, 6.45) is 0.888. The lowest BCUT2D eigenvalue weighted by atomic mass is 10.4. The second-order valence-corrected chi connectivity index (χ2v) is 5.36. The predicted octanol–water partition coefficient (Wildman–Crippen LogP) is 2.03. The summed E-state index contributed by atoms with van der Waals surface area (Å²) in [5, 5.41) is 2.05. The molecule has 0 radical (unpaired) electrons. The molecule has 7 nitrogen and oxygen atoms in total. The van der Waals surface area contributed by atoms with Crippen LogP contribution in [-0.4, -0.2) is 28.1 Å². The van der Waals surface area contributed by atoms with Gasteiger partial charge in [-0.2, -0.15) is 15.0 Å². The Hall–Kier alpha value is -1.93. The van der Waals surface area contributed by atoms with Crippen LogP contribution in [0, 0.1) is 0 Å². The number of aromatic nitrogens is 3. The molecule has 0 aliphatic carbocycles. The summed E-state index contributed by atoms with van der Waals surface area (Å²) in [5.74, 6) is 6.28. The van der Waals surface area contributed by atoms with Gasteiger partial charge >= 0.3 is 6.01 Å². The molecule has 0 amide bonds. The van der Waals surface area contributed by atoms with Gasteiger partial charge in [-0.1, -0.05) is 13.0 Å². The van der Waals surface area contributed by atoms with E-state index in [4.69, 9.17) is 10.6 Å². The third kappa shape index (κ3) is 4.27. The normalized spacial score (nSPS) is 10.4. The molecule has 0 unspecified atom stereocenters. The maximum atomic E-state index is 5.49. The summed E-state index contributed by atoms with van der Waals surface area (Å²) in [5.41, 5.74) is 2.46. The van der Waals surface area contributed by atoms with Gasteiger partial charge in [-0.05, 0) is 24.8 Å². The van der Waals surface area contributed by atoms with E-state index in [1.165, 1.54) is 4.88 Å². The number of nitrogens with zero attached hydrogens (tertiary/aromatic N) is 4. The topological polar surface area (TPSA) is 89.2 Å². The van der Waals surface area contributed by atoms with E-state index in [0.717, 1.165) is 19.5 Å². The van der Waals surface area contributed by atoms with Gasteiger partial charge in [0.15, 0.2) is 0 Å². The average molecular weight is 308 g/mol. The lowest BCUT2D eigenvalue weighted by Crippen LogP contribution is -2.25. The quantitative estimate of drug-likeness (QED) is 0.569. The molecule has 0 spiro atoms. The van der Waals surface area contributed by atoms with Gasteiger partial charge in [-0.25, -0.2) is 5.84 Å². The van der Waals surface area contributed by atoms with Crippen molar-refractivity contribution in [3.8, 4) is 6.01 Å². The van der Waals surface area contributed by atoms with Crippen LogP contribution >= 0.6 is 11.3 Å². The van der Waals surface area contributed by atoms with Crippen molar-refractivity contribution in [2.24, 2.45) is 5.84 Å². The number of hydrogen-bond acceptors (Lipinski definition) is 8. The van der Waals surface area contributed by atoms with E-state index in [1.54, 1.807) is 11.3 Å². The summed E-state index contributed by atoms with van der Waals surface area (Å²) in [6, 6.07) is 4.41. The first-order valence-electron chi connectivity index (χ1n) is 6.89. The van der Waals surface area contributed by atoms with Crippen molar-refractivity contribution in [2.75, 3.05) is 23.5 Å². The number of hydrazine groups is 1. The van der Waals surface area contributed by atoms with Crippen LogP contribution in [0.4, 0.5) is 11.9 Å². The number of anilines is 2. The zero-order valence-electron chi connectivity index (χ0n) is 12.2. The second kappa shape index (κ2) is 7.75. The molecule has 114 valence electrons. The first-order chi connectivity index (χ1) is 10.3. The fraction of sp³-hybridized carbons (Fsp3) is 0.462. The van der Waals surface area contributed by atoms with E-state index in [1.807, 2.05) is 17.9 Å². The Morgan fingerprint density at radius 3 is 2.81 bits per heavy atom. The lowest BCUT2D eigenvalue weighted by molar-refractivity contribution is 0.292. The largest absolute Gasteiger partial charge is 0.463 e. The molecule has 0 fully saturated rings. The SMILES string of the molecule is CCCOc1nc(NN)nc(N(CC)Cc2cccs2)n1. The molecule has 2 aromatic rings. The first-order valence-corrected chi connectivity index (χ1v) is 7.77. The van der Waals surface area contributed by atoms with E-state index >= 15 is 0 Å². The fourth-order valence-electron chi connectivity index (χ4n) is 1.72. The second-order valence-electron chi connectivity index (χ2n) is 4.33. The highest BCUT2D eigenvalue weighted by molar-refractivity contribution is 7.09. The fourth-order valence-corrected chi connectivity index (χ4v) is 2.44. The van der Waals surface area contributed by atoms with Crippen LogP contribution in [0.5, 0.6) is 6.01 Å². The highest BCUT2D eigenvalue weighted by Crippen LogP contribution is 2.19. The van der Waals surface area contributed by atoms with E-state index in [9.17, 15) is 0 Å². The van der Waals surface area contributed by atoms with Gasteiger partial charge < -0.3 is 9.64 Å². The van der Waals surface area contributed by atoms with Crippen molar-refractivity contribution in [1.29, 1.82) is 0 Å². The number of nitrogens with one attached hydrogen (secondary N) is 1. The van der Waals surface area contributed by atoms with Gasteiger partial charge in [0.25, 0.3) is 0 Å². The molecule has 2 aromatic heterocycles. The molecule has 21 heavy (non-hydrogen) atoms. The number of nitrogens with two attached hydrogens (primary N) is 1. The van der Waals surface area contributed by atoms with Crippen molar-refractivity contribution in [3.05, 3.63) is 22.4 Å². The Bertz CT molecular complexity index is 548. The minimum Gasteiger partial charge on any atom is -0.463 e. The number of thiophene rings is 1. The van der Waals surface area contributed by atoms with Crippen molar-refractivity contribution in [2.45, 2.75) is 26.8 Å². The van der Waals surface area contributed by atoms with E-state index in [2.05, 4.69) is 38.7 Å². The minimum absolute atomic E-state index is 0.291. The number of nitrogen functional groups attached to an aromatic ring is 1. The van der Waals surface area contributed by atoms with Gasteiger partial charge in [-0.3, -0.25) is 5.43 Å². The lowest BCUT2D eigenvalue weighted by Gasteiger charge is -2.20. The molecule has 2 rings (SSSR count). The van der Waals surface area contributed by atoms with Crippen molar-refractivity contribution < 1.29 is 4.74 Å². The Kier molecular flexibility index (Phi) is 5.70. The maximum absolute atomic E-state index is 5.49. The molecular formula is C13H20N6OS. The van der Waals surface area contributed by atoms with E-state index in [-0.39, 0.29) is 0 Å². The Labute approximate surface area is 128 Å². The van der Waals surface area contributed by atoms with Gasteiger partial charge in [-0.15, -0.1) is 11.3 Å². The van der Waals surface area contributed by atoms with Gasteiger partial charge in [0.05, 0.1) is 13.2 Å². The third-order valence-electron chi connectivity index (χ3n) is 2.76. The molecule has 0 saturated heterocycles. The molecule has 0 aliphatic heterocycles. The molecule has 2 heterocycles. The number of ether oxygens (including phenoxy) is 1. The van der Waals surface area contributed by atoms with Crippen LogP contribution in [-0.2, 0) is 6.54 Å². The molecular weight excluding hydrogens is 288 g/mol. The molecule has 0 atom stereocenters. The zero-order valence-corrected chi connectivity index (χ0v) is 13.1. The van der Waals surface area contributed by atoms with Crippen molar-refractivity contribution in [3.63, 3.8) is 0 Å². The van der Waals surface area contributed by atoms with Crippen LogP contribution < -0.4 is 20.9 Å². The zero-order chi connectivity index (χ0) is 15.1. The summed E-state index contributed by atoms with van der Waals surface area (Å²) in [4.78, 5) is 16.1. The average Bonchev–Trinajstić information content (AvgIpc) is 3.03. The summed E-state index contributed by atoms with van der Waals surface area (Å²) in [7, 11) is 0. The van der Waals surface area contributed by atoms with E-state index < -0.39 is 0 Å². The maximum Gasteiger partial charge on any atom is 0.323 e. The monoisotopic (exact) mass is 308 g/mol. The van der Waals surface area contributed by atoms with Gasteiger partial charge in [0, 0.05) is 11.4 Å². The number of rotatable bonds is 8. The molecule has 0 aliphatic rings. The van der Waals surface area contributed by atoms with Crippen molar-refractivity contribution >= 4 is 23.2 Å². The standard InChI is InChI=1S/C13H20N6OS/c1-3-7-20-13-16-11(18-14)15-12(17-13)19(4-2)9-10-6-5-8-21-10/h5-6,8H,3-4,7,9,14H2,1-2H3,(H,15,16,17,18). The predicted molar refractivity (Wildman–Crippen MR) is 84.5 cm³/mol. The smallest absolute Gasteiger partial charge is 0.323 e. The van der Waals surface area contributed by atoms with Gasteiger partial charge in [0.2, 0.25) is 11.9 Å². The third-order valence-corrected chi connectivity index (χ3v) is 3.62. The van der Waals surface area contributed by atoms with Crippen LogP contribution in [0.2, 0.25) is 0 Å². The summed E-state index contributed by atoms with van der Waals surface area (Å²) in [6.45, 7) is 6.16. The number of hydrogen-bond donors (Lipinski definition) is 2. The molecule has 0 aromatic carbocycles. The van der Waals surface area contributed by atoms with Crippen LogP contribution in [0.3, 0.4) is 0 Å². The molecule has 8 heteroatoms. The van der Waals surface area contributed by atoms with Crippen LogP contribution in [0.25, 0.3) is 0 Å². The summed E-state index contributed by atoms with van der Waals surface area (Å²) >= 11 is 1.70. The minimum atomic E-state index is 0.291. The van der Waals surface area contributed by atoms with Gasteiger partial charge in [0.1, 0.15) is 0 Å². The van der Waals surface area contributed by atoms with Crippen LogP contribution in [0.15, 0.2) is 17.5 Å². The Morgan fingerprint density at radius 1 is 1.33 bits per heavy atom. The molecule has 0 bridgehead atoms. The first kappa shape index (κ1) is 15.5. The Morgan fingerprint density at radius 2 is 2.19 bits per heavy atom. The molecule has 3 N–H and O–H groups in total. The highest BCUT2D eigenvalue weighted by atomic mass is 32.1. The van der Waals surface area contributed by atoms with Crippen LogP contribution in [0.1, 0.15) is 25.1 Å². The summed E-state index contributed by atoms with van der Waals surface area (Å²) < 4.78 is 5.49. The Balaban J connectivity index is 2.22. The van der Waals surface area contributed by atoms with Crippen molar-refractivity contribution in [1.82, 2.24) is 15.0 Å².